The van der Waals surface area contributed by atoms with Gasteiger partial charge in [-0.05, 0) is 52.8 Å². The highest BCUT2D eigenvalue weighted by Crippen LogP contribution is 2.49. The van der Waals surface area contributed by atoms with E-state index in [-0.39, 0.29) is 17.2 Å². The maximum atomic E-state index is 13.3. The van der Waals surface area contributed by atoms with Crippen molar-refractivity contribution >= 4 is 0 Å². The van der Waals surface area contributed by atoms with Crippen molar-refractivity contribution in [2.45, 2.75) is 93.9 Å². The first-order valence-electron chi connectivity index (χ1n) is 10.5. The van der Waals surface area contributed by atoms with Gasteiger partial charge in [0.25, 0.3) is 0 Å². The van der Waals surface area contributed by atoms with E-state index in [9.17, 15) is 4.39 Å². The minimum atomic E-state index is -0.0654. The van der Waals surface area contributed by atoms with Crippen molar-refractivity contribution in [1.29, 1.82) is 0 Å². The largest absolute Gasteiger partial charge is 0.330 e. The molecule has 0 aromatic heterocycles. The fourth-order valence-electron chi connectivity index (χ4n) is 3.81. The maximum Gasteiger partial charge on any atom is 0.126 e. The molecule has 0 aliphatic heterocycles. The van der Waals surface area contributed by atoms with Gasteiger partial charge in [0.2, 0.25) is 0 Å². The zero-order valence-electron chi connectivity index (χ0n) is 18.9. The van der Waals surface area contributed by atoms with Gasteiger partial charge in [0, 0.05) is 0 Å². The van der Waals surface area contributed by atoms with Gasteiger partial charge < -0.3 is 5.73 Å². The monoisotopic (exact) mass is 365 g/mol. The molecule has 1 aromatic rings. The molecule has 1 nitrogen and oxygen atoms in total. The van der Waals surface area contributed by atoms with E-state index in [0.29, 0.717) is 11.3 Å². The summed E-state index contributed by atoms with van der Waals surface area (Å²) in [6, 6.07) is 5.52. The summed E-state index contributed by atoms with van der Waals surface area (Å²) in [6.07, 6.45) is 4.57. The number of nitrogens with two attached hydrogens (primary N) is 1. The Morgan fingerprint density at radius 2 is 1.54 bits per heavy atom. The average Bonchev–Trinajstić information content (AvgIpc) is 2.65. The molecule has 2 N–H and O–H groups in total. The molecular weight excluding hydrogens is 321 g/mol. The normalized spacial score (nSPS) is 15.2. The quantitative estimate of drug-likeness (QED) is 0.512. The lowest BCUT2D eigenvalue weighted by atomic mass is 9.56. The van der Waals surface area contributed by atoms with Gasteiger partial charge in [0.1, 0.15) is 5.82 Å². The zero-order chi connectivity index (χ0) is 20.5. The third kappa shape index (κ3) is 5.81. The van der Waals surface area contributed by atoms with Crippen LogP contribution in [0.25, 0.3) is 0 Å². The highest BCUT2D eigenvalue weighted by Gasteiger charge is 2.43. The van der Waals surface area contributed by atoms with Crippen LogP contribution in [0.1, 0.15) is 98.6 Å². The molecule has 0 saturated carbocycles. The van der Waals surface area contributed by atoms with Gasteiger partial charge in [0.05, 0.1) is 0 Å². The van der Waals surface area contributed by atoms with Crippen LogP contribution in [0.15, 0.2) is 18.2 Å². The Labute approximate surface area is 163 Å². The van der Waals surface area contributed by atoms with Gasteiger partial charge in [-0.25, -0.2) is 4.39 Å². The number of rotatable bonds is 8. The predicted molar refractivity (Wildman–Crippen MR) is 115 cm³/mol. The van der Waals surface area contributed by atoms with Gasteiger partial charge >= 0.3 is 0 Å². The number of benzene rings is 1. The summed E-state index contributed by atoms with van der Waals surface area (Å²) < 4.78 is 13.3. The summed E-state index contributed by atoms with van der Waals surface area (Å²) in [4.78, 5) is 0. The standard InChI is InChI=1S/C13H29N.C11H15F/c1-7-11(4)13(6,10-14)12(5,8-2)9-3;1-4-9-5-6-10(8(2)3)11(12)7-9/h11H,7-10,14H2,1-6H3;5-8H,4H2,1-3H3. The third-order valence-electron chi connectivity index (χ3n) is 7.16. The second-order valence-electron chi connectivity index (χ2n) is 8.56. The summed E-state index contributed by atoms with van der Waals surface area (Å²) in [7, 11) is 0. The van der Waals surface area contributed by atoms with Crippen LogP contribution in [0.5, 0.6) is 0 Å². The first-order valence-corrected chi connectivity index (χ1v) is 10.5. The Kier molecular flexibility index (Phi) is 10.7. The molecule has 0 aliphatic carbocycles. The number of halogens is 1. The van der Waals surface area contributed by atoms with E-state index in [0.717, 1.165) is 24.1 Å². The lowest BCUT2D eigenvalue weighted by Gasteiger charge is -2.49. The number of aryl methyl sites for hydroxylation is 1. The second kappa shape index (κ2) is 11.1. The SMILES string of the molecule is CCC(C)C(C)(CN)C(C)(CC)CC.CCc1ccc(C(C)C)c(F)c1. The van der Waals surface area contributed by atoms with E-state index < -0.39 is 0 Å². The first kappa shape index (κ1) is 25.1. The molecule has 1 rings (SSSR count). The van der Waals surface area contributed by atoms with Crippen LogP contribution in [-0.2, 0) is 6.42 Å². The van der Waals surface area contributed by atoms with E-state index in [2.05, 4.69) is 41.5 Å². The lowest BCUT2D eigenvalue weighted by molar-refractivity contribution is 0.0117. The van der Waals surface area contributed by atoms with Crippen molar-refractivity contribution in [1.82, 2.24) is 0 Å². The van der Waals surface area contributed by atoms with Gasteiger partial charge in [-0.2, -0.15) is 0 Å². The van der Waals surface area contributed by atoms with Gasteiger partial charge in [-0.3, -0.25) is 0 Å². The molecule has 0 bridgehead atoms. The molecular formula is C24H44FN. The van der Waals surface area contributed by atoms with Crippen LogP contribution in [0.3, 0.4) is 0 Å². The maximum absolute atomic E-state index is 13.3. The van der Waals surface area contributed by atoms with Gasteiger partial charge in [-0.15, -0.1) is 0 Å². The van der Waals surface area contributed by atoms with E-state index in [4.69, 9.17) is 5.73 Å². The molecule has 0 heterocycles. The van der Waals surface area contributed by atoms with E-state index in [1.54, 1.807) is 6.07 Å². The highest BCUT2D eigenvalue weighted by molar-refractivity contribution is 5.26. The Balaban J connectivity index is 0.000000485. The van der Waals surface area contributed by atoms with Crippen molar-refractivity contribution < 1.29 is 4.39 Å². The molecule has 2 heteroatoms. The molecule has 0 spiro atoms. The smallest absolute Gasteiger partial charge is 0.126 e. The minimum Gasteiger partial charge on any atom is -0.330 e. The highest BCUT2D eigenvalue weighted by atomic mass is 19.1. The molecule has 0 saturated heterocycles. The van der Waals surface area contributed by atoms with Crippen LogP contribution in [-0.4, -0.2) is 6.54 Å². The molecule has 1 aromatic carbocycles. The van der Waals surface area contributed by atoms with Crippen LogP contribution < -0.4 is 5.73 Å². The fourth-order valence-corrected chi connectivity index (χ4v) is 3.81. The summed E-state index contributed by atoms with van der Waals surface area (Å²) in [5, 5.41) is 0. The molecule has 0 aliphatic rings. The Morgan fingerprint density at radius 1 is 1.00 bits per heavy atom. The molecule has 0 amide bonds. The van der Waals surface area contributed by atoms with E-state index in [1.165, 1.54) is 19.3 Å². The van der Waals surface area contributed by atoms with E-state index in [1.807, 2.05) is 32.9 Å². The molecule has 2 unspecified atom stereocenters. The topological polar surface area (TPSA) is 26.0 Å². The fraction of sp³-hybridized carbons (Fsp3) is 0.750. The van der Waals surface area contributed by atoms with Crippen LogP contribution >= 0.6 is 0 Å². The molecule has 0 radical (unpaired) electrons. The predicted octanol–water partition coefficient (Wildman–Crippen LogP) is 7.34. The van der Waals surface area contributed by atoms with Crippen LogP contribution in [0, 0.1) is 22.6 Å². The van der Waals surface area contributed by atoms with E-state index >= 15 is 0 Å². The minimum absolute atomic E-state index is 0.0654. The Hall–Kier alpha value is -0.890. The Morgan fingerprint density at radius 3 is 1.85 bits per heavy atom. The summed E-state index contributed by atoms with van der Waals surface area (Å²) in [5.74, 6) is 0.914. The molecule has 152 valence electrons. The van der Waals surface area contributed by atoms with Crippen molar-refractivity contribution in [3.63, 3.8) is 0 Å². The lowest BCUT2D eigenvalue weighted by Crippen LogP contribution is -2.47. The van der Waals surface area contributed by atoms with Gasteiger partial charge in [0.15, 0.2) is 0 Å². The summed E-state index contributed by atoms with van der Waals surface area (Å²) >= 11 is 0. The van der Waals surface area contributed by atoms with Crippen LogP contribution in [0.2, 0.25) is 0 Å². The second-order valence-corrected chi connectivity index (χ2v) is 8.56. The zero-order valence-corrected chi connectivity index (χ0v) is 18.9. The molecule has 26 heavy (non-hydrogen) atoms. The number of hydrogen-bond acceptors (Lipinski definition) is 1. The van der Waals surface area contributed by atoms with Crippen molar-refractivity contribution in [2.24, 2.45) is 22.5 Å². The molecule has 0 fully saturated rings. The Bertz CT molecular complexity index is 519. The number of hydrogen-bond donors (Lipinski definition) is 1. The van der Waals surface area contributed by atoms with Gasteiger partial charge in [-0.1, -0.05) is 93.7 Å². The first-order chi connectivity index (χ1) is 12.1. The average molecular weight is 366 g/mol. The summed E-state index contributed by atoms with van der Waals surface area (Å²) in [6.45, 7) is 20.8. The van der Waals surface area contributed by atoms with Crippen molar-refractivity contribution in [2.75, 3.05) is 6.54 Å². The third-order valence-corrected chi connectivity index (χ3v) is 7.16. The van der Waals surface area contributed by atoms with Crippen molar-refractivity contribution in [3.8, 4) is 0 Å². The van der Waals surface area contributed by atoms with Crippen molar-refractivity contribution in [3.05, 3.63) is 35.1 Å². The van der Waals surface area contributed by atoms with Crippen LogP contribution in [0.4, 0.5) is 4.39 Å². The molecule has 2 atom stereocenters. The summed E-state index contributed by atoms with van der Waals surface area (Å²) in [5.41, 5.74) is 8.57.